The molecule has 1 aromatic carbocycles. The van der Waals surface area contributed by atoms with Crippen molar-refractivity contribution >= 4 is 33.0 Å². The topological polar surface area (TPSA) is 159 Å². The minimum Gasteiger partial charge on any atom is -0.479 e. The Balaban J connectivity index is 2.41. The van der Waals surface area contributed by atoms with Crippen molar-refractivity contribution in [2.24, 2.45) is 0 Å². The van der Waals surface area contributed by atoms with E-state index in [1.165, 1.54) is 31.6 Å². The van der Waals surface area contributed by atoms with E-state index in [4.69, 9.17) is 9.84 Å². The number of carbonyl (C=O) groups excluding carboxylic acids is 3. The van der Waals surface area contributed by atoms with E-state index in [1.54, 1.807) is 12.1 Å². The molecule has 0 fully saturated rings. The van der Waals surface area contributed by atoms with E-state index in [0.29, 0.717) is 24.9 Å². The van der Waals surface area contributed by atoms with Crippen molar-refractivity contribution in [3.8, 4) is 0 Å². The molecule has 0 aliphatic heterocycles. The molecule has 10 nitrogen and oxygen atoms in total. The van der Waals surface area contributed by atoms with Crippen LogP contribution in [0.4, 0.5) is 4.79 Å². The van der Waals surface area contributed by atoms with Gasteiger partial charge in [0.1, 0.15) is 0 Å². The fourth-order valence-electron chi connectivity index (χ4n) is 2.54. The van der Waals surface area contributed by atoms with Crippen LogP contribution >= 0.6 is 0 Å². The molecule has 0 aliphatic carbocycles. The molecule has 2 atom stereocenters. The molecule has 0 heterocycles. The molecule has 11 heteroatoms. The zero-order chi connectivity index (χ0) is 23.4. The Labute approximate surface area is 194 Å². The maximum atomic E-state index is 12.0. The van der Waals surface area contributed by atoms with E-state index in [-0.39, 0.29) is 25.2 Å². The van der Waals surface area contributed by atoms with Gasteiger partial charge in [-0.2, -0.15) is 0 Å². The number of rotatable bonds is 13. The number of carboxylic acids is 2. The number of hydrogen-bond donors (Lipinski definition) is 4. The number of hydrogen-bond acceptors (Lipinski definition) is 6. The molecule has 4 N–H and O–H groups in total. The fourth-order valence-corrected chi connectivity index (χ4v) is 3.03. The van der Waals surface area contributed by atoms with E-state index in [9.17, 15) is 29.1 Å². The zero-order valence-electron chi connectivity index (χ0n) is 16.9. The second-order valence-electron chi connectivity index (χ2n) is 6.73. The first-order valence-corrected chi connectivity index (χ1v) is 11.0. The predicted octanol–water partition coefficient (Wildman–Crippen LogP) is 0.763. The van der Waals surface area contributed by atoms with Crippen LogP contribution in [0.3, 0.4) is 0 Å². The smallest absolute Gasteiger partial charge is 0.479 e. The third-order valence-electron chi connectivity index (χ3n) is 4.24. The average molecular weight is 632 g/mol. The number of unbranched alkanes of at least 4 members (excludes halogenated alkanes) is 1. The summed E-state index contributed by atoms with van der Waals surface area (Å²) in [6, 6.07) is 6.08. The van der Waals surface area contributed by atoms with Gasteiger partial charge >= 0.3 is 129 Å². The van der Waals surface area contributed by atoms with Gasteiger partial charge in [-0.15, -0.1) is 0 Å². The Bertz CT molecular complexity index is 797. The van der Waals surface area contributed by atoms with Gasteiger partial charge in [0.15, 0.2) is 5.78 Å². The molecule has 0 saturated heterocycles. The van der Waals surface area contributed by atoms with Gasteiger partial charge in [0.25, 0.3) is 0 Å². The van der Waals surface area contributed by atoms with Crippen LogP contribution < -0.4 is 13.9 Å². The van der Waals surface area contributed by atoms with Crippen molar-refractivity contribution in [3.63, 3.8) is 0 Å². The molecular weight excluding hydrogens is 607 g/mol. The van der Waals surface area contributed by atoms with Crippen LogP contribution in [-0.4, -0.2) is 58.6 Å². The quantitative estimate of drug-likeness (QED) is 0.232. The number of ketones is 1. The van der Waals surface area contributed by atoms with Gasteiger partial charge in [0.2, 0.25) is 0 Å². The summed E-state index contributed by atoms with van der Waals surface area (Å²) in [6.07, 6.45) is -2.13. The normalized spacial score (nSPS) is 12.3. The molecule has 0 spiro atoms. The van der Waals surface area contributed by atoms with Crippen LogP contribution in [0.15, 0.2) is 24.3 Å². The average Bonchev–Trinajstić information content (AvgIpc) is 2.69. The second kappa shape index (κ2) is 13.7. The number of nitrogens with one attached hydrogen (secondary N) is 2. The number of carboxylic acid groups (broad SMARTS) is 2. The molecule has 0 radical (unpaired) electrons. The molecule has 2 amide bonds. The Morgan fingerprint density at radius 1 is 1.03 bits per heavy atom. The third-order valence-corrected chi connectivity index (χ3v) is 5.22. The van der Waals surface area contributed by atoms with Crippen molar-refractivity contribution in [1.82, 2.24) is 10.6 Å². The van der Waals surface area contributed by atoms with Crippen molar-refractivity contribution in [1.29, 1.82) is 0 Å². The van der Waals surface area contributed by atoms with Gasteiger partial charge in [0.05, 0.1) is 6.04 Å². The number of ether oxygens (including phenoxy) is 1. The van der Waals surface area contributed by atoms with E-state index < -0.39 is 36.0 Å². The molecule has 170 valence electrons. The summed E-state index contributed by atoms with van der Waals surface area (Å²) in [5.41, 5.74) is 0.534. The zero-order valence-corrected chi connectivity index (χ0v) is 19.9. The molecule has 0 aliphatic rings. The number of benzene rings is 1. The third kappa shape index (κ3) is 10.9. The predicted molar refractivity (Wildman–Crippen MR) is 105 cm³/mol. The summed E-state index contributed by atoms with van der Waals surface area (Å²) in [6.45, 7) is 1.52. The van der Waals surface area contributed by atoms with E-state index in [0.717, 1.165) is 3.27 Å². The van der Waals surface area contributed by atoms with Gasteiger partial charge in [0, 0.05) is 6.42 Å². The molecule has 0 saturated carbocycles. The van der Waals surface area contributed by atoms with Crippen LogP contribution in [0, 0.1) is 24.7 Å². The number of alkyl carbamates (subject to hydrolysis) is 1. The Morgan fingerprint density at radius 3 is 2.23 bits per heavy atom. The summed E-state index contributed by atoms with van der Waals surface area (Å²) in [4.78, 5) is 57.4. The van der Waals surface area contributed by atoms with E-state index in [1.807, 2.05) is 12.1 Å². The SMILES string of the molecule is CC(=O)[C@H](CCC(=O)O)NC(=O)O[C@@H](CCCCNC(=O)c1ccc([211At])cc1)C(=O)O. The van der Waals surface area contributed by atoms with Crippen molar-refractivity contribution in [2.75, 3.05) is 6.54 Å². The van der Waals surface area contributed by atoms with Crippen LogP contribution in [0.1, 0.15) is 49.4 Å². The van der Waals surface area contributed by atoms with Gasteiger partial charge in [-0.3, -0.25) is 9.59 Å². The standard InChI is InChI=1S/C20H25AtN2O8/c1-12(24)15(9-10-17(25)26)23-20(30)31-16(19(28)29)4-2-3-11-22-18(27)13-5-7-14(21)8-6-13/h5-8,15-16H,2-4,9-11H2,1H3,(H,22,27)(H,23,30)(H,25,26)(H,28,29)/t15-,16-/m0/s1/i21+1. The number of carbonyl (C=O) groups is 5. The Kier molecular flexibility index (Phi) is 11.7. The van der Waals surface area contributed by atoms with Gasteiger partial charge < -0.3 is 15.5 Å². The molecule has 0 bridgehead atoms. The van der Waals surface area contributed by atoms with Gasteiger partial charge in [-0.1, -0.05) is 0 Å². The Hall–Kier alpha value is -2.55. The maximum absolute atomic E-state index is 12.0. The second-order valence-corrected chi connectivity index (χ2v) is 8.43. The van der Waals surface area contributed by atoms with Crippen LogP contribution in [0.25, 0.3) is 0 Å². The number of aliphatic carboxylic acids is 2. The molecule has 31 heavy (non-hydrogen) atoms. The first kappa shape index (κ1) is 26.5. The minimum absolute atomic E-state index is 0.0187. The summed E-state index contributed by atoms with van der Waals surface area (Å²) in [5, 5.41) is 22.9. The molecule has 0 aromatic heterocycles. The van der Waals surface area contributed by atoms with E-state index >= 15 is 0 Å². The summed E-state index contributed by atoms with van der Waals surface area (Å²) in [7, 11) is 0. The summed E-state index contributed by atoms with van der Waals surface area (Å²) < 4.78 is 5.97. The van der Waals surface area contributed by atoms with Gasteiger partial charge in [-0.25, -0.2) is 9.59 Å². The van der Waals surface area contributed by atoms with Crippen LogP contribution in [0.5, 0.6) is 0 Å². The van der Waals surface area contributed by atoms with E-state index in [2.05, 4.69) is 10.6 Å². The first-order chi connectivity index (χ1) is 14.6. The van der Waals surface area contributed by atoms with Crippen molar-refractivity contribution < 1.29 is 63.6 Å². The van der Waals surface area contributed by atoms with Crippen molar-refractivity contribution in [3.05, 3.63) is 29.8 Å². The minimum atomic E-state index is -1.43. The number of Topliss-reactive ketones (excluding diaryl/α,β-unsaturated/α-hetero) is 1. The molecule has 1 aromatic rings. The van der Waals surface area contributed by atoms with Crippen LogP contribution in [-0.2, 0) is 19.1 Å². The first-order valence-electron chi connectivity index (χ1n) is 9.56. The summed E-state index contributed by atoms with van der Waals surface area (Å²) >= 11 is 1.51. The summed E-state index contributed by atoms with van der Waals surface area (Å²) in [5.74, 6) is -3.16. The van der Waals surface area contributed by atoms with Gasteiger partial charge in [-0.05, 0) is 13.3 Å². The fraction of sp³-hybridized carbons (Fsp3) is 0.450. The molecule has 0 unspecified atom stereocenters. The van der Waals surface area contributed by atoms with Crippen LogP contribution in [0.2, 0.25) is 0 Å². The molecular formula is C20H25AtN2O8. The Morgan fingerprint density at radius 2 is 1.68 bits per heavy atom. The monoisotopic (exact) mass is 632 g/mol. The number of amides is 2. The van der Waals surface area contributed by atoms with Crippen molar-refractivity contribution in [2.45, 2.75) is 51.2 Å². The molecule has 1 rings (SSSR count).